The fraction of sp³-hybridized carbons (Fsp3) is 0.250. The predicted octanol–water partition coefficient (Wildman–Crippen LogP) is 1.62. The van der Waals surface area contributed by atoms with Crippen molar-refractivity contribution in [2.45, 2.75) is 18.4 Å². The molecule has 0 saturated heterocycles. The van der Waals surface area contributed by atoms with E-state index in [0.717, 1.165) is 6.07 Å². The first-order chi connectivity index (χ1) is 10.4. The first-order valence-corrected chi connectivity index (χ1v) is 7.73. The van der Waals surface area contributed by atoms with E-state index in [9.17, 15) is 18.5 Å². The van der Waals surface area contributed by atoms with E-state index in [2.05, 4.69) is 9.82 Å². The molecule has 0 spiro atoms. The van der Waals surface area contributed by atoms with E-state index in [4.69, 9.17) is 4.74 Å². The number of sulfonamides is 1. The summed E-state index contributed by atoms with van der Waals surface area (Å²) in [4.78, 5) is 10.0. The van der Waals surface area contributed by atoms with Crippen molar-refractivity contribution in [2.24, 2.45) is 0 Å². The van der Waals surface area contributed by atoms with E-state index in [1.165, 1.54) is 31.6 Å². The lowest BCUT2D eigenvalue weighted by molar-refractivity contribution is -0.386. The first kappa shape index (κ1) is 15.8. The molecule has 2 rings (SSSR count). The lowest BCUT2D eigenvalue weighted by Gasteiger charge is -2.07. The van der Waals surface area contributed by atoms with Gasteiger partial charge in [0.1, 0.15) is 0 Å². The number of nitro benzene ring substituents is 1. The predicted molar refractivity (Wildman–Crippen MR) is 78.4 cm³/mol. The molecule has 1 N–H and O–H groups in total. The van der Waals surface area contributed by atoms with Crippen molar-refractivity contribution in [3.63, 3.8) is 0 Å². The third kappa shape index (κ3) is 3.17. The zero-order valence-corrected chi connectivity index (χ0v) is 12.7. The van der Waals surface area contributed by atoms with E-state index >= 15 is 0 Å². The van der Waals surface area contributed by atoms with Gasteiger partial charge in [0.05, 0.1) is 28.8 Å². The average molecular weight is 326 g/mol. The van der Waals surface area contributed by atoms with Crippen LogP contribution >= 0.6 is 0 Å². The molecule has 10 heteroatoms. The Morgan fingerprint density at radius 1 is 1.45 bits per heavy atom. The number of methoxy groups -OCH3 is 1. The second-order valence-electron chi connectivity index (χ2n) is 4.28. The molecule has 0 atom stereocenters. The minimum absolute atomic E-state index is 0.0113. The molecule has 0 bridgehead atoms. The number of benzene rings is 1. The Morgan fingerprint density at radius 3 is 2.73 bits per heavy atom. The molecule has 0 saturated carbocycles. The number of nitro groups is 1. The topological polar surface area (TPSA) is 116 Å². The van der Waals surface area contributed by atoms with Gasteiger partial charge in [0.25, 0.3) is 10.0 Å². The van der Waals surface area contributed by atoms with Crippen LogP contribution in [0.15, 0.2) is 35.5 Å². The second-order valence-corrected chi connectivity index (χ2v) is 5.96. The number of aromatic nitrogens is 2. The average Bonchev–Trinajstić information content (AvgIpc) is 2.93. The summed E-state index contributed by atoms with van der Waals surface area (Å²) in [5, 5.41) is 14.9. The number of hydrogen-bond donors (Lipinski definition) is 1. The Morgan fingerprint density at radius 2 is 2.18 bits per heavy atom. The van der Waals surface area contributed by atoms with E-state index in [1.54, 1.807) is 4.68 Å². The highest BCUT2D eigenvalue weighted by Crippen LogP contribution is 2.29. The molecule has 0 unspecified atom stereocenters. The number of ether oxygens (including phenoxy) is 1. The highest BCUT2D eigenvalue weighted by Gasteiger charge is 2.22. The van der Waals surface area contributed by atoms with Crippen molar-refractivity contribution in [1.82, 2.24) is 9.78 Å². The Labute approximate surface area is 126 Å². The summed E-state index contributed by atoms with van der Waals surface area (Å²) in [6.07, 6.45) is 2.88. The highest BCUT2D eigenvalue weighted by molar-refractivity contribution is 7.92. The Bertz CT molecular complexity index is 800. The van der Waals surface area contributed by atoms with Gasteiger partial charge in [-0.15, -0.1) is 0 Å². The number of nitrogens with one attached hydrogen (secondary N) is 1. The van der Waals surface area contributed by atoms with Crippen LogP contribution in [-0.4, -0.2) is 30.2 Å². The molecular formula is C12H14N4O5S. The third-order valence-corrected chi connectivity index (χ3v) is 4.25. The summed E-state index contributed by atoms with van der Waals surface area (Å²) in [6.45, 7) is 2.45. The maximum Gasteiger partial charge on any atom is 0.312 e. The van der Waals surface area contributed by atoms with Crippen molar-refractivity contribution in [3.8, 4) is 5.75 Å². The van der Waals surface area contributed by atoms with Crippen molar-refractivity contribution >= 4 is 21.4 Å². The summed E-state index contributed by atoms with van der Waals surface area (Å²) >= 11 is 0. The lowest BCUT2D eigenvalue weighted by Crippen LogP contribution is -2.13. The number of rotatable bonds is 6. The van der Waals surface area contributed by atoms with Crippen molar-refractivity contribution in [2.75, 3.05) is 11.8 Å². The van der Waals surface area contributed by atoms with Gasteiger partial charge in [0, 0.05) is 18.8 Å². The number of aryl methyl sites for hydroxylation is 1. The lowest BCUT2D eigenvalue weighted by atomic mass is 10.3. The summed E-state index contributed by atoms with van der Waals surface area (Å²) in [7, 11) is -2.68. The molecule has 1 aromatic heterocycles. The van der Waals surface area contributed by atoms with Gasteiger partial charge in [-0.05, 0) is 19.1 Å². The van der Waals surface area contributed by atoms with E-state index in [0.29, 0.717) is 6.54 Å². The fourth-order valence-corrected chi connectivity index (χ4v) is 2.83. The normalized spacial score (nSPS) is 11.2. The van der Waals surface area contributed by atoms with E-state index in [-0.39, 0.29) is 16.3 Å². The molecule has 118 valence electrons. The van der Waals surface area contributed by atoms with Crippen LogP contribution in [0.25, 0.3) is 0 Å². The summed E-state index contributed by atoms with van der Waals surface area (Å²) in [5.74, 6) is -0.0113. The molecule has 1 heterocycles. The van der Waals surface area contributed by atoms with E-state index < -0.39 is 20.6 Å². The maximum absolute atomic E-state index is 12.3. The third-order valence-electron chi connectivity index (χ3n) is 2.87. The Kier molecular flexibility index (Phi) is 4.31. The van der Waals surface area contributed by atoms with Crippen LogP contribution in [0.1, 0.15) is 6.92 Å². The molecule has 0 fully saturated rings. The van der Waals surface area contributed by atoms with Crippen LogP contribution in [-0.2, 0) is 16.6 Å². The molecule has 1 aromatic carbocycles. The Hall–Kier alpha value is -2.62. The summed E-state index contributed by atoms with van der Waals surface area (Å²) < 4.78 is 33.2. The molecule has 0 radical (unpaired) electrons. The van der Waals surface area contributed by atoms with Gasteiger partial charge >= 0.3 is 5.69 Å². The number of hydrogen-bond acceptors (Lipinski definition) is 6. The van der Waals surface area contributed by atoms with Crippen LogP contribution in [0.4, 0.5) is 11.4 Å². The zero-order valence-electron chi connectivity index (χ0n) is 11.9. The van der Waals surface area contributed by atoms with Crippen LogP contribution < -0.4 is 9.46 Å². The van der Waals surface area contributed by atoms with Gasteiger partial charge in [0.15, 0.2) is 5.75 Å². The molecule has 0 aliphatic rings. The van der Waals surface area contributed by atoms with Crippen LogP contribution in [0.2, 0.25) is 0 Å². The standard InChI is InChI=1S/C12H14N4O5S/c1-3-15-8-9(7-13-15)14-22(19,20)10-4-5-12(21-2)11(6-10)16(17)18/h4-8,14H,3H2,1-2H3. The van der Waals surface area contributed by atoms with E-state index in [1.807, 2.05) is 6.92 Å². The number of nitrogens with zero attached hydrogens (tertiary/aromatic N) is 3. The van der Waals surface area contributed by atoms with Gasteiger partial charge in [-0.25, -0.2) is 8.42 Å². The van der Waals surface area contributed by atoms with Crippen molar-refractivity contribution < 1.29 is 18.1 Å². The second kappa shape index (κ2) is 6.02. The number of anilines is 1. The summed E-state index contributed by atoms with van der Waals surface area (Å²) in [6, 6.07) is 3.42. The fourth-order valence-electron chi connectivity index (χ4n) is 1.78. The van der Waals surface area contributed by atoms with Gasteiger partial charge in [-0.3, -0.25) is 19.5 Å². The molecule has 0 aliphatic carbocycles. The Balaban J connectivity index is 2.36. The molecule has 22 heavy (non-hydrogen) atoms. The van der Waals surface area contributed by atoms with Crippen molar-refractivity contribution in [1.29, 1.82) is 0 Å². The molecule has 0 amide bonds. The minimum Gasteiger partial charge on any atom is -0.490 e. The van der Waals surface area contributed by atoms with Crippen LogP contribution in [0.5, 0.6) is 5.75 Å². The molecule has 0 aliphatic heterocycles. The van der Waals surface area contributed by atoms with Crippen LogP contribution in [0.3, 0.4) is 0 Å². The largest absolute Gasteiger partial charge is 0.490 e. The molecular weight excluding hydrogens is 312 g/mol. The first-order valence-electron chi connectivity index (χ1n) is 6.25. The monoisotopic (exact) mass is 326 g/mol. The highest BCUT2D eigenvalue weighted by atomic mass is 32.2. The quantitative estimate of drug-likeness (QED) is 0.637. The SMILES string of the molecule is CCn1cc(NS(=O)(=O)c2ccc(OC)c([N+](=O)[O-])c2)cn1. The van der Waals surface area contributed by atoms with Gasteiger partial charge in [0.2, 0.25) is 0 Å². The van der Waals surface area contributed by atoms with Gasteiger partial charge < -0.3 is 4.74 Å². The smallest absolute Gasteiger partial charge is 0.312 e. The minimum atomic E-state index is -3.95. The van der Waals surface area contributed by atoms with Gasteiger partial charge in [-0.1, -0.05) is 0 Å². The molecule has 2 aromatic rings. The summed E-state index contributed by atoms with van der Waals surface area (Å²) in [5.41, 5.74) is -0.144. The maximum atomic E-state index is 12.3. The molecule has 9 nitrogen and oxygen atoms in total. The van der Waals surface area contributed by atoms with Crippen molar-refractivity contribution in [3.05, 3.63) is 40.7 Å². The van der Waals surface area contributed by atoms with Crippen LogP contribution in [0, 0.1) is 10.1 Å². The zero-order chi connectivity index (χ0) is 16.3. The van der Waals surface area contributed by atoms with Gasteiger partial charge in [-0.2, -0.15) is 5.10 Å².